The molecule has 1 heterocycles. The summed E-state index contributed by atoms with van der Waals surface area (Å²) in [5, 5.41) is 18.9. The predicted octanol–water partition coefficient (Wildman–Crippen LogP) is -0.416. The minimum Gasteiger partial charge on any atom is -0.376 e. The molecule has 0 aromatic carbocycles. The van der Waals surface area contributed by atoms with Gasteiger partial charge in [0.1, 0.15) is 6.23 Å². The van der Waals surface area contributed by atoms with Gasteiger partial charge in [0, 0.05) is 6.54 Å². The number of nitrogens with zero attached hydrogens (tertiary/aromatic N) is 1. The Balaban J connectivity index is 2.29. The summed E-state index contributed by atoms with van der Waals surface area (Å²) in [4.78, 5) is 17.2. The van der Waals surface area contributed by atoms with E-state index in [0.717, 1.165) is 5.06 Å². The number of hydrogen-bond acceptors (Lipinski definition) is 4. The van der Waals surface area contributed by atoms with Gasteiger partial charge in [-0.15, -0.1) is 0 Å². The van der Waals surface area contributed by atoms with Crippen LogP contribution in [0.15, 0.2) is 0 Å². The van der Waals surface area contributed by atoms with Crippen molar-refractivity contribution in [1.82, 2.24) is 5.06 Å². The maximum atomic E-state index is 10.5. The molecule has 78 valence electrons. The highest BCUT2D eigenvalue weighted by Crippen LogP contribution is 2.37. The summed E-state index contributed by atoms with van der Waals surface area (Å²) in [5.41, 5.74) is 0. The van der Waals surface area contributed by atoms with Gasteiger partial charge in [-0.2, -0.15) is 5.06 Å². The highest BCUT2D eigenvalue weighted by Gasteiger charge is 2.30. The fourth-order valence-corrected chi connectivity index (χ4v) is 2.14. The minimum absolute atomic E-state index is 0.0346. The van der Waals surface area contributed by atoms with Crippen LogP contribution < -0.4 is 0 Å². The third kappa shape index (κ3) is 3.72. The first-order valence-corrected chi connectivity index (χ1v) is 5.86. The smallest absolute Gasteiger partial charge is 0.325 e. The first-order valence-electron chi connectivity index (χ1n) is 4.06. The van der Waals surface area contributed by atoms with Gasteiger partial charge >= 0.3 is 7.60 Å². The van der Waals surface area contributed by atoms with Gasteiger partial charge in [0.05, 0.1) is 6.16 Å². The molecule has 2 unspecified atom stereocenters. The Labute approximate surface area is 75.9 Å². The number of hydrogen-bond donors (Lipinski definition) is 4. The van der Waals surface area contributed by atoms with E-state index in [1.165, 1.54) is 0 Å². The fourth-order valence-electron chi connectivity index (χ4n) is 1.44. The lowest BCUT2D eigenvalue weighted by molar-refractivity contribution is -0.171. The summed E-state index contributed by atoms with van der Waals surface area (Å²) in [6.45, 7) is 0.279. The highest BCUT2D eigenvalue weighted by molar-refractivity contribution is 7.51. The molecule has 1 aliphatic rings. The Morgan fingerprint density at radius 1 is 1.46 bits per heavy atom. The van der Waals surface area contributed by atoms with Crippen molar-refractivity contribution in [1.29, 1.82) is 0 Å². The lowest BCUT2D eigenvalue weighted by Crippen LogP contribution is -2.24. The molecule has 0 saturated carbocycles. The van der Waals surface area contributed by atoms with E-state index in [1.807, 2.05) is 0 Å². The first kappa shape index (κ1) is 11.1. The van der Waals surface area contributed by atoms with Gasteiger partial charge in [-0.1, -0.05) is 0 Å². The van der Waals surface area contributed by atoms with Crippen LogP contribution in [-0.2, 0) is 4.57 Å². The van der Waals surface area contributed by atoms with Crippen LogP contribution in [0.3, 0.4) is 0 Å². The Kier molecular flexibility index (Phi) is 3.45. The molecule has 0 aromatic rings. The van der Waals surface area contributed by atoms with E-state index in [4.69, 9.17) is 20.1 Å². The number of aliphatic hydroxyl groups is 1. The van der Waals surface area contributed by atoms with Gasteiger partial charge in [-0.3, -0.25) is 4.57 Å². The summed E-state index contributed by atoms with van der Waals surface area (Å²) in [6.07, 6.45) is -0.366. The zero-order chi connectivity index (χ0) is 10.1. The van der Waals surface area contributed by atoms with Crippen LogP contribution in [0.2, 0.25) is 0 Å². The number of aliphatic hydroxyl groups excluding tert-OH is 1. The van der Waals surface area contributed by atoms with Gasteiger partial charge in [0.15, 0.2) is 0 Å². The SMILES string of the molecule is O=P(O)(O)CCC1CC(O)N(O)C1. The van der Waals surface area contributed by atoms with E-state index in [1.54, 1.807) is 0 Å². The van der Waals surface area contributed by atoms with E-state index in [-0.39, 0.29) is 18.6 Å². The molecule has 0 aromatic heterocycles. The summed E-state index contributed by atoms with van der Waals surface area (Å²) in [6, 6.07) is 0. The van der Waals surface area contributed by atoms with Gasteiger partial charge in [0.2, 0.25) is 0 Å². The second-order valence-corrected chi connectivity index (χ2v) is 5.16. The maximum Gasteiger partial charge on any atom is 0.325 e. The molecule has 0 amide bonds. The van der Waals surface area contributed by atoms with E-state index in [9.17, 15) is 4.57 Å². The molecular formula is C6H14NO5P. The van der Waals surface area contributed by atoms with E-state index in [2.05, 4.69) is 0 Å². The van der Waals surface area contributed by atoms with Crippen LogP contribution in [-0.4, -0.2) is 44.1 Å². The minimum atomic E-state index is -3.94. The molecule has 1 fully saturated rings. The van der Waals surface area contributed by atoms with Gasteiger partial charge < -0.3 is 20.1 Å². The molecule has 2 atom stereocenters. The monoisotopic (exact) mass is 211 g/mol. The molecule has 0 aliphatic carbocycles. The molecular weight excluding hydrogens is 197 g/mol. The molecule has 1 saturated heterocycles. The highest BCUT2D eigenvalue weighted by atomic mass is 31.2. The van der Waals surface area contributed by atoms with Gasteiger partial charge in [-0.25, -0.2) is 0 Å². The van der Waals surface area contributed by atoms with Crippen molar-refractivity contribution in [3.63, 3.8) is 0 Å². The second-order valence-electron chi connectivity index (χ2n) is 3.38. The lowest BCUT2D eigenvalue weighted by Gasteiger charge is -2.09. The normalized spacial score (nSPS) is 31.1. The number of hydroxylamine groups is 2. The van der Waals surface area contributed by atoms with Crippen LogP contribution in [0.1, 0.15) is 12.8 Å². The molecule has 0 spiro atoms. The van der Waals surface area contributed by atoms with Crippen LogP contribution in [0, 0.1) is 5.92 Å². The average molecular weight is 211 g/mol. The van der Waals surface area contributed by atoms with Gasteiger partial charge in [-0.05, 0) is 18.8 Å². The Morgan fingerprint density at radius 3 is 2.46 bits per heavy atom. The molecule has 6 nitrogen and oxygen atoms in total. The van der Waals surface area contributed by atoms with Crippen molar-refractivity contribution in [2.45, 2.75) is 19.1 Å². The standard InChI is InChI=1S/C6H14NO5P/c8-6-3-5(4-7(6)9)1-2-13(10,11)12/h5-6,8-9H,1-4H2,(H2,10,11,12). The first-order chi connectivity index (χ1) is 5.88. The molecule has 7 heteroatoms. The van der Waals surface area contributed by atoms with Crippen molar-refractivity contribution in [3.8, 4) is 0 Å². The molecule has 1 aliphatic heterocycles. The molecule has 1 rings (SSSR count). The summed E-state index contributed by atoms with van der Waals surface area (Å²) < 4.78 is 10.5. The molecule has 0 radical (unpaired) electrons. The Morgan fingerprint density at radius 2 is 2.08 bits per heavy atom. The Hall–Kier alpha value is 0.0300. The third-order valence-electron chi connectivity index (χ3n) is 2.16. The van der Waals surface area contributed by atoms with Crippen LogP contribution in [0.25, 0.3) is 0 Å². The summed E-state index contributed by atoms with van der Waals surface area (Å²) in [7, 11) is -3.94. The van der Waals surface area contributed by atoms with Crippen LogP contribution >= 0.6 is 7.60 Å². The number of rotatable bonds is 3. The Bertz CT molecular complexity index is 207. The quantitative estimate of drug-likeness (QED) is 0.473. The van der Waals surface area contributed by atoms with E-state index < -0.39 is 13.8 Å². The summed E-state index contributed by atoms with van der Waals surface area (Å²) in [5.74, 6) is -0.0346. The average Bonchev–Trinajstić information content (AvgIpc) is 2.27. The van der Waals surface area contributed by atoms with Crippen molar-refractivity contribution in [2.75, 3.05) is 12.7 Å². The molecule has 0 bridgehead atoms. The largest absolute Gasteiger partial charge is 0.376 e. The molecule has 4 N–H and O–H groups in total. The molecule has 13 heavy (non-hydrogen) atoms. The van der Waals surface area contributed by atoms with Crippen molar-refractivity contribution in [2.24, 2.45) is 5.92 Å². The van der Waals surface area contributed by atoms with Crippen molar-refractivity contribution >= 4 is 7.60 Å². The predicted molar refractivity (Wildman–Crippen MR) is 44.1 cm³/mol. The third-order valence-corrected chi connectivity index (χ3v) is 3.00. The fraction of sp³-hybridized carbons (Fsp3) is 1.00. The topological polar surface area (TPSA) is 101 Å². The maximum absolute atomic E-state index is 10.5. The second kappa shape index (κ2) is 4.04. The van der Waals surface area contributed by atoms with Crippen molar-refractivity contribution < 1.29 is 24.7 Å². The van der Waals surface area contributed by atoms with Crippen LogP contribution in [0.5, 0.6) is 0 Å². The van der Waals surface area contributed by atoms with Gasteiger partial charge in [0.25, 0.3) is 0 Å². The zero-order valence-corrected chi connectivity index (χ0v) is 7.97. The van der Waals surface area contributed by atoms with Crippen molar-refractivity contribution in [3.05, 3.63) is 0 Å². The zero-order valence-electron chi connectivity index (χ0n) is 7.07. The summed E-state index contributed by atoms with van der Waals surface area (Å²) >= 11 is 0. The van der Waals surface area contributed by atoms with Crippen LogP contribution in [0.4, 0.5) is 0 Å². The van der Waals surface area contributed by atoms with E-state index >= 15 is 0 Å². The lowest BCUT2D eigenvalue weighted by atomic mass is 10.1. The van der Waals surface area contributed by atoms with E-state index in [0.29, 0.717) is 12.8 Å².